The summed E-state index contributed by atoms with van der Waals surface area (Å²) >= 11 is -1.97. The second-order valence-corrected chi connectivity index (χ2v) is 7.49. The van der Waals surface area contributed by atoms with Crippen molar-refractivity contribution in [2.45, 2.75) is 43.8 Å². The van der Waals surface area contributed by atoms with Crippen molar-refractivity contribution in [3.8, 4) is 0 Å². The van der Waals surface area contributed by atoms with Crippen molar-refractivity contribution < 1.29 is 22.8 Å². The number of amides is 1. The smallest absolute Gasteiger partial charge is 0.410 e. The molecule has 1 aromatic rings. The highest BCUT2D eigenvalue weighted by atomic mass is 32.2. The Morgan fingerprint density at radius 2 is 2.04 bits per heavy atom. The van der Waals surface area contributed by atoms with Crippen LogP contribution < -0.4 is 0 Å². The Kier molecular flexibility index (Phi) is 5.55. The molecule has 2 rings (SSSR count). The Morgan fingerprint density at radius 1 is 1.38 bits per heavy atom. The molecule has 0 aromatic heterocycles. The molecule has 1 saturated heterocycles. The molecule has 0 aliphatic carbocycles. The summed E-state index contributed by atoms with van der Waals surface area (Å²) in [5, 5.41) is 11.0. The van der Waals surface area contributed by atoms with Gasteiger partial charge in [0.15, 0.2) is 11.1 Å². The molecule has 9 heteroatoms. The molecule has 2 atom stereocenters. The van der Waals surface area contributed by atoms with Crippen LogP contribution in [-0.4, -0.2) is 44.9 Å². The SMILES string of the molecule is CC(C)(C)OC(=O)N1CC[C@@H](OS(=O)c2ccccc2[N+](=O)[O-])C1. The van der Waals surface area contributed by atoms with Crippen molar-refractivity contribution >= 4 is 22.9 Å². The normalized spacial score (nSPS) is 19.1. The van der Waals surface area contributed by atoms with E-state index in [0.717, 1.165) is 0 Å². The zero-order valence-electron chi connectivity index (χ0n) is 13.8. The van der Waals surface area contributed by atoms with E-state index in [1.807, 2.05) is 0 Å². The van der Waals surface area contributed by atoms with Gasteiger partial charge in [-0.15, -0.1) is 0 Å². The van der Waals surface area contributed by atoms with Gasteiger partial charge in [0, 0.05) is 12.6 Å². The van der Waals surface area contributed by atoms with Gasteiger partial charge in [-0.2, -0.15) is 0 Å². The summed E-state index contributed by atoms with van der Waals surface area (Å²) in [5.41, 5.74) is -0.846. The van der Waals surface area contributed by atoms with Crippen molar-refractivity contribution in [2.24, 2.45) is 0 Å². The fourth-order valence-corrected chi connectivity index (χ4v) is 3.23. The minimum Gasteiger partial charge on any atom is -0.444 e. The summed E-state index contributed by atoms with van der Waals surface area (Å²) in [6, 6.07) is 5.73. The third-order valence-electron chi connectivity index (χ3n) is 3.26. The van der Waals surface area contributed by atoms with Crippen LogP contribution in [0, 0.1) is 10.1 Å². The average Bonchev–Trinajstić information content (AvgIpc) is 2.94. The van der Waals surface area contributed by atoms with Gasteiger partial charge in [0.2, 0.25) is 0 Å². The summed E-state index contributed by atoms with van der Waals surface area (Å²) in [6.45, 7) is 5.99. The van der Waals surface area contributed by atoms with Crippen LogP contribution in [0.1, 0.15) is 27.2 Å². The van der Waals surface area contributed by atoms with Gasteiger partial charge in [-0.3, -0.25) is 14.3 Å². The van der Waals surface area contributed by atoms with E-state index < -0.39 is 33.8 Å². The van der Waals surface area contributed by atoms with Gasteiger partial charge in [0.25, 0.3) is 5.69 Å². The third-order valence-corrected chi connectivity index (χ3v) is 4.41. The lowest BCUT2D eigenvalue weighted by Crippen LogP contribution is -2.36. The molecule has 1 aliphatic heterocycles. The predicted octanol–water partition coefficient (Wildman–Crippen LogP) is 2.64. The molecule has 0 N–H and O–H groups in total. The fraction of sp³-hybridized carbons (Fsp3) is 0.533. The quantitative estimate of drug-likeness (QED) is 0.607. The molecule has 132 valence electrons. The summed E-state index contributed by atoms with van der Waals surface area (Å²) in [7, 11) is 0. The number of para-hydroxylation sites is 1. The minimum absolute atomic E-state index is 0.0122. The van der Waals surface area contributed by atoms with E-state index in [1.54, 1.807) is 26.8 Å². The molecule has 1 fully saturated rings. The van der Waals surface area contributed by atoms with Crippen LogP contribution in [0.4, 0.5) is 10.5 Å². The van der Waals surface area contributed by atoms with E-state index in [2.05, 4.69) is 0 Å². The zero-order valence-corrected chi connectivity index (χ0v) is 14.6. The molecule has 1 aliphatic rings. The summed E-state index contributed by atoms with van der Waals surface area (Å²) < 4.78 is 23.0. The van der Waals surface area contributed by atoms with Crippen molar-refractivity contribution in [1.82, 2.24) is 4.90 Å². The van der Waals surface area contributed by atoms with E-state index in [-0.39, 0.29) is 17.1 Å². The first-order chi connectivity index (χ1) is 11.2. The minimum atomic E-state index is -1.97. The number of ether oxygens (including phenoxy) is 1. The van der Waals surface area contributed by atoms with Crippen molar-refractivity contribution in [1.29, 1.82) is 0 Å². The molecule has 1 aromatic carbocycles. The second-order valence-electron chi connectivity index (χ2n) is 6.39. The van der Waals surface area contributed by atoms with Gasteiger partial charge in [0.05, 0.1) is 17.6 Å². The summed E-state index contributed by atoms with van der Waals surface area (Å²) in [6.07, 6.45) is -0.422. The van der Waals surface area contributed by atoms with Crippen LogP contribution in [-0.2, 0) is 20.0 Å². The summed E-state index contributed by atoms with van der Waals surface area (Å²) in [5.74, 6) is 0. The van der Waals surface area contributed by atoms with Gasteiger partial charge in [-0.25, -0.2) is 9.00 Å². The highest BCUT2D eigenvalue weighted by Gasteiger charge is 2.32. The van der Waals surface area contributed by atoms with Crippen molar-refractivity contribution in [3.63, 3.8) is 0 Å². The third kappa shape index (κ3) is 4.75. The van der Waals surface area contributed by atoms with E-state index >= 15 is 0 Å². The van der Waals surface area contributed by atoms with Crippen molar-refractivity contribution in [2.75, 3.05) is 13.1 Å². The van der Waals surface area contributed by atoms with E-state index in [1.165, 1.54) is 23.1 Å². The van der Waals surface area contributed by atoms with Gasteiger partial charge in [-0.1, -0.05) is 12.1 Å². The Labute approximate surface area is 142 Å². The molecule has 1 amide bonds. The fourth-order valence-electron chi connectivity index (χ4n) is 2.22. The van der Waals surface area contributed by atoms with Crippen LogP contribution in [0.5, 0.6) is 0 Å². The number of carbonyl (C=O) groups is 1. The molecule has 24 heavy (non-hydrogen) atoms. The van der Waals surface area contributed by atoms with Crippen LogP contribution in [0.3, 0.4) is 0 Å². The molecule has 8 nitrogen and oxygen atoms in total. The van der Waals surface area contributed by atoms with Crippen molar-refractivity contribution in [3.05, 3.63) is 34.4 Å². The Hall–Kier alpha value is -2.00. The molecule has 0 saturated carbocycles. The number of carbonyl (C=O) groups excluding carboxylic acids is 1. The zero-order chi connectivity index (χ0) is 17.9. The Balaban J connectivity index is 1.97. The van der Waals surface area contributed by atoms with Gasteiger partial charge >= 0.3 is 6.09 Å². The topological polar surface area (TPSA) is 99.0 Å². The number of rotatable bonds is 4. The lowest BCUT2D eigenvalue weighted by atomic mass is 10.2. The van der Waals surface area contributed by atoms with Crippen LogP contribution in [0.25, 0.3) is 0 Å². The number of nitrogens with zero attached hydrogens (tertiary/aromatic N) is 2. The molecule has 1 unspecified atom stereocenters. The second kappa shape index (κ2) is 7.27. The van der Waals surface area contributed by atoms with Crippen LogP contribution >= 0.6 is 0 Å². The maximum atomic E-state index is 12.3. The molecule has 0 bridgehead atoms. The molecular weight excluding hydrogens is 336 g/mol. The predicted molar refractivity (Wildman–Crippen MR) is 86.8 cm³/mol. The molecular formula is C15H20N2O6S. The van der Waals surface area contributed by atoms with E-state index in [0.29, 0.717) is 13.0 Å². The molecule has 0 spiro atoms. The monoisotopic (exact) mass is 356 g/mol. The van der Waals surface area contributed by atoms with Crippen LogP contribution in [0.2, 0.25) is 0 Å². The Morgan fingerprint density at radius 3 is 2.67 bits per heavy atom. The number of likely N-dealkylation sites (tertiary alicyclic amines) is 1. The van der Waals surface area contributed by atoms with Gasteiger partial charge < -0.3 is 9.64 Å². The van der Waals surface area contributed by atoms with Gasteiger partial charge in [-0.05, 0) is 33.3 Å². The first-order valence-corrected chi connectivity index (χ1v) is 8.55. The van der Waals surface area contributed by atoms with Gasteiger partial charge in [0.1, 0.15) is 10.5 Å². The number of hydrogen-bond acceptors (Lipinski definition) is 6. The van der Waals surface area contributed by atoms with E-state index in [4.69, 9.17) is 8.92 Å². The largest absolute Gasteiger partial charge is 0.444 e. The van der Waals surface area contributed by atoms with E-state index in [9.17, 15) is 19.1 Å². The highest BCUT2D eigenvalue weighted by molar-refractivity contribution is 7.80. The Bertz CT molecular complexity index is 658. The highest BCUT2D eigenvalue weighted by Crippen LogP contribution is 2.25. The first kappa shape index (κ1) is 18.3. The number of benzene rings is 1. The number of hydrogen-bond donors (Lipinski definition) is 0. The molecule has 0 radical (unpaired) electrons. The lowest BCUT2D eigenvalue weighted by molar-refractivity contribution is -0.387. The number of nitro groups is 1. The standard InChI is InChI=1S/C15H20N2O6S/c1-15(2,3)22-14(18)16-9-8-11(10-16)23-24(21)13-7-5-4-6-12(13)17(19)20/h4-7,11H,8-10H2,1-3H3/t11-,24?/m1/s1. The molecule has 1 heterocycles. The van der Waals surface area contributed by atoms with Crippen LogP contribution in [0.15, 0.2) is 29.2 Å². The maximum absolute atomic E-state index is 12.3. The average molecular weight is 356 g/mol. The number of nitro benzene ring substituents is 1. The maximum Gasteiger partial charge on any atom is 0.410 e. The first-order valence-electron chi connectivity index (χ1n) is 7.47. The summed E-state index contributed by atoms with van der Waals surface area (Å²) in [4.78, 5) is 23.9. The lowest BCUT2D eigenvalue weighted by Gasteiger charge is -2.24.